The fourth-order valence-corrected chi connectivity index (χ4v) is 6.95. The molecule has 4 heterocycles. The number of halogens is 3. The second-order valence-corrected chi connectivity index (χ2v) is 13.9. The Balaban J connectivity index is 1.35. The number of hydrogen-bond donors (Lipinski definition) is 6. The molecule has 3 saturated heterocycles. The summed E-state index contributed by atoms with van der Waals surface area (Å²) in [6, 6.07) is 2.09. The number of carbonyl (C=O) groups is 4. The van der Waals surface area contributed by atoms with Gasteiger partial charge >= 0.3 is 6.09 Å². The Labute approximate surface area is 266 Å². The van der Waals surface area contributed by atoms with Crippen molar-refractivity contribution < 1.29 is 34.1 Å². The number of alkyl carbamates (subject to hydrolysis) is 1. The van der Waals surface area contributed by atoms with Gasteiger partial charge in [-0.2, -0.15) is 0 Å². The summed E-state index contributed by atoms with van der Waals surface area (Å²) in [5.41, 5.74) is 0.519. The standard InChI is InChI=1S/C27H30Cl3N7O7/c1-13-31-21-17(10-36-19(38)8-9-20(36)39)32-23(34-24(41)44-12-25(28,29)30)37-11-18(27(42,43)26(21,37)35-13)33-22(40)16-7-3-5-14-4-2-6-15(14)16/h3,5,7,17-18,21,31,35,42-43H,1-2,4,6,8-12H2,(H,33,40)(H,32,34,41)/t17-,18?,21?,26?/m0/s1. The molecule has 5 aliphatic rings. The third kappa shape index (κ3) is 5.11. The molecule has 236 valence electrons. The van der Waals surface area contributed by atoms with Crippen LogP contribution in [0.5, 0.6) is 0 Å². The molecule has 1 aromatic rings. The van der Waals surface area contributed by atoms with Gasteiger partial charge in [-0.1, -0.05) is 53.5 Å². The lowest BCUT2D eigenvalue weighted by Gasteiger charge is -2.49. The van der Waals surface area contributed by atoms with E-state index in [0.717, 1.165) is 35.3 Å². The summed E-state index contributed by atoms with van der Waals surface area (Å²) in [5.74, 6) is -4.06. The molecule has 4 aliphatic heterocycles. The van der Waals surface area contributed by atoms with Gasteiger partial charge in [-0.15, -0.1) is 0 Å². The Morgan fingerprint density at radius 1 is 1.16 bits per heavy atom. The van der Waals surface area contributed by atoms with Crippen LogP contribution in [0.4, 0.5) is 4.79 Å². The minimum absolute atomic E-state index is 0.0330. The quantitative estimate of drug-likeness (QED) is 0.141. The van der Waals surface area contributed by atoms with E-state index in [1.807, 2.05) is 6.07 Å². The fraction of sp³-hybridized carbons (Fsp3) is 0.519. The number of ether oxygens (including phenoxy) is 1. The van der Waals surface area contributed by atoms with Crippen LogP contribution in [-0.2, 0) is 27.2 Å². The lowest BCUT2D eigenvalue weighted by atomic mass is 9.85. The highest BCUT2D eigenvalue weighted by atomic mass is 35.6. The molecular weight excluding hydrogens is 641 g/mol. The van der Waals surface area contributed by atoms with Gasteiger partial charge in [0.15, 0.2) is 5.66 Å². The first kappa shape index (κ1) is 30.7. The normalized spacial score (nSPS) is 28.5. The van der Waals surface area contributed by atoms with E-state index in [1.54, 1.807) is 12.1 Å². The van der Waals surface area contributed by atoms with E-state index in [0.29, 0.717) is 5.56 Å². The van der Waals surface area contributed by atoms with Crippen molar-refractivity contribution in [3.8, 4) is 0 Å². The van der Waals surface area contributed by atoms with Crippen LogP contribution in [0.25, 0.3) is 0 Å². The first-order valence-electron chi connectivity index (χ1n) is 14.0. The van der Waals surface area contributed by atoms with Crippen LogP contribution in [0.1, 0.15) is 40.7 Å². The van der Waals surface area contributed by atoms with E-state index in [2.05, 4.69) is 32.8 Å². The summed E-state index contributed by atoms with van der Waals surface area (Å²) in [6.45, 7) is 2.81. The van der Waals surface area contributed by atoms with Crippen LogP contribution < -0.4 is 21.3 Å². The van der Waals surface area contributed by atoms with Crippen LogP contribution in [0.2, 0.25) is 0 Å². The van der Waals surface area contributed by atoms with Crippen molar-refractivity contribution in [2.45, 2.75) is 65.5 Å². The molecule has 0 aromatic heterocycles. The third-order valence-electron chi connectivity index (χ3n) is 8.69. The van der Waals surface area contributed by atoms with Crippen LogP contribution >= 0.6 is 34.8 Å². The molecule has 14 nitrogen and oxygen atoms in total. The monoisotopic (exact) mass is 669 g/mol. The number of carbonyl (C=O) groups excluding carboxylic acids is 4. The first-order chi connectivity index (χ1) is 20.7. The number of fused-ring (bicyclic) bond motifs is 1. The number of aliphatic imine (C=N–C) groups is 1. The van der Waals surface area contributed by atoms with Gasteiger partial charge in [0, 0.05) is 24.9 Å². The molecule has 3 fully saturated rings. The van der Waals surface area contributed by atoms with E-state index in [1.165, 1.54) is 4.90 Å². The average Bonchev–Trinajstić information content (AvgIpc) is 3.70. The van der Waals surface area contributed by atoms with Crippen molar-refractivity contribution in [3.05, 3.63) is 47.3 Å². The summed E-state index contributed by atoms with van der Waals surface area (Å²) >= 11 is 17.1. The molecular formula is C27H30Cl3N7O7. The number of aliphatic hydroxyl groups is 2. The van der Waals surface area contributed by atoms with Gasteiger partial charge in [-0.3, -0.25) is 24.6 Å². The number of nitrogens with zero attached hydrogens (tertiary/aromatic N) is 3. The van der Waals surface area contributed by atoms with E-state index in [-0.39, 0.29) is 37.7 Å². The van der Waals surface area contributed by atoms with Gasteiger partial charge < -0.3 is 35.8 Å². The van der Waals surface area contributed by atoms with E-state index >= 15 is 0 Å². The second kappa shape index (κ2) is 10.9. The van der Waals surface area contributed by atoms with Crippen molar-refractivity contribution in [2.24, 2.45) is 4.99 Å². The fourth-order valence-electron chi connectivity index (χ4n) is 6.79. The van der Waals surface area contributed by atoms with Crippen LogP contribution in [-0.4, -0.2) is 103 Å². The molecule has 3 unspecified atom stereocenters. The van der Waals surface area contributed by atoms with Crippen molar-refractivity contribution in [1.82, 2.24) is 31.1 Å². The second-order valence-electron chi connectivity index (χ2n) is 11.4. The summed E-state index contributed by atoms with van der Waals surface area (Å²) in [4.78, 5) is 58.4. The summed E-state index contributed by atoms with van der Waals surface area (Å²) in [5, 5.41) is 35.1. The summed E-state index contributed by atoms with van der Waals surface area (Å²) in [7, 11) is 0. The predicted octanol–water partition coefficient (Wildman–Crippen LogP) is -0.0173. The van der Waals surface area contributed by atoms with E-state index in [4.69, 9.17) is 39.5 Å². The van der Waals surface area contributed by atoms with E-state index in [9.17, 15) is 29.4 Å². The highest BCUT2D eigenvalue weighted by molar-refractivity contribution is 6.67. The topological polar surface area (TPSA) is 185 Å². The molecule has 1 aliphatic carbocycles. The molecule has 17 heteroatoms. The molecule has 0 saturated carbocycles. The highest BCUT2D eigenvalue weighted by Gasteiger charge is 2.74. The lowest BCUT2D eigenvalue weighted by Crippen LogP contribution is -2.78. The average molecular weight is 671 g/mol. The largest absolute Gasteiger partial charge is 0.445 e. The zero-order valence-electron chi connectivity index (χ0n) is 23.2. The third-order valence-corrected chi connectivity index (χ3v) is 9.02. The van der Waals surface area contributed by atoms with Crippen molar-refractivity contribution in [2.75, 3.05) is 19.7 Å². The van der Waals surface area contributed by atoms with Gasteiger partial charge in [-0.25, -0.2) is 9.79 Å². The first-order valence-corrected chi connectivity index (χ1v) is 15.1. The van der Waals surface area contributed by atoms with Crippen molar-refractivity contribution in [3.63, 3.8) is 0 Å². The Bertz CT molecular complexity index is 1470. The summed E-state index contributed by atoms with van der Waals surface area (Å²) < 4.78 is 3.11. The Morgan fingerprint density at radius 2 is 1.89 bits per heavy atom. The Kier molecular flexibility index (Phi) is 7.64. The van der Waals surface area contributed by atoms with Gasteiger partial charge in [0.05, 0.1) is 24.4 Å². The molecule has 4 atom stereocenters. The molecule has 0 bridgehead atoms. The van der Waals surface area contributed by atoms with Gasteiger partial charge in [-0.05, 0) is 36.5 Å². The predicted molar refractivity (Wildman–Crippen MR) is 157 cm³/mol. The number of alkyl halides is 3. The lowest BCUT2D eigenvalue weighted by molar-refractivity contribution is -0.231. The number of amides is 4. The van der Waals surface area contributed by atoms with Crippen LogP contribution in [0.15, 0.2) is 35.6 Å². The number of aryl methyl sites for hydroxylation is 1. The number of guanidine groups is 1. The maximum atomic E-state index is 13.6. The van der Waals surface area contributed by atoms with Crippen molar-refractivity contribution >= 4 is 64.6 Å². The maximum Gasteiger partial charge on any atom is 0.414 e. The Morgan fingerprint density at radius 3 is 2.59 bits per heavy atom. The maximum absolute atomic E-state index is 13.6. The number of nitrogens with one attached hydrogen (secondary N) is 4. The minimum Gasteiger partial charge on any atom is -0.445 e. The molecule has 1 aromatic carbocycles. The SMILES string of the molecule is C=C1NC2[C@H](CN3C(=O)CCC3=O)N=C(NC(=O)OCC(Cl)(Cl)Cl)N3CC(NC(=O)c4cccc5c4CCC5)C(O)(O)C23N1. The molecule has 4 amide bonds. The number of benzene rings is 1. The van der Waals surface area contributed by atoms with Crippen LogP contribution in [0.3, 0.4) is 0 Å². The van der Waals surface area contributed by atoms with Gasteiger partial charge in [0.2, 0.25) is 27.4 Å². The molecule has 1 spiro atoms. The number of likely N-dealkylation sites (tertiary alicyclic amines) is 1. The van der Waals surface area contributed by atoms with E-state index < -0.39 is 63.8 Å². The highest BCUT2D eigenvalue weighted by Crippen LogP contribution is 2.45. The number of imide groups is 1. The molecule has 6 N–H and O–H groups in total. The molecule has 0 radical (unpaired) electrons. The molecule has 6 rings (SSSR count). The zero-order valence-corrected chi connectivity index (χ0v) is 25.5. The molecule has 44 heavy (non-hydrogen) atoms. The minimum atomic E-state index is -2.72. The van der Waals surface area contributed by atoms with Crippen molar-refractivity contribution in [1.29, 1.82) is 0 Å². The van der Waals surface area contributed by atoms with Crippen LogP contribution in [0, 0.1) is 0 Å². The summed E-state index contributed by atoms with van der Waals surface area (Å²) in [6.07, 6.45) is 1.48. The smallest absolute Gasteiger partial charge is 0.414 e. The number of rotatable bonds is 5. The zero-order chi connectivity index (χ0) is 31.6. The van der Waals surface area contributed by atoms with Gasteiger partial charge in [0.25, 0.3) is 5.91 Å². The van der Waals surface area contributed by atoms with Gasteiger partial charge in [0.1, 0.15) is 12.6 Å². The Hall–Kier alpha value is -3.30. The number of hydrogen-bond acceptors (Lipinski definition) is 11.